The monoisotopic (exact) mass is 265 g/mol. The number of benzene rings is 1. The van der Waals surface area contributed by atoms with Crippen molar-refractivity contribution in [2.24, 2.45) is 0 Å². The van der Waals surface area contributed by atoms with E-state index < -0.39 is 12.1 Å². The summed E-state index contributed by atoms with van der Waals surface area (Å²) in [5.41, 5.74) is 0. The summed E-state index contributed by atoms with van der Waals surface area (Å²) in [7, 11) is 0. The first-order valence-electron chi connectivity index (χ1n) is 6.26. The van der Waals surface area contributed by atoms with E-state index in [1.807, 2.05) is 25.1 Å². The second-order valence-electron chi connectivity index (χ2n) is 4.28. The van der Waals surface area contributed by atoms with Gasteiger partial charge in [-0.3, -0.25) is 9.59 Å². The second-order valence-corrected chi connectivity index (χ2v) is 4.28. The Kier molecular flexibility index (Phi) is 5.85. The third kappa shape index (κ3) is 5.42. The summed E-state index contributed by atoms with van der Waals surface area (Å²) in [5, 5.41) is 11.4. The fourth-order valence-corrected chi connectivity index (χ4v) is 1.58. The fourth-order valence-electron chi connectivity index (χ4n) is 1.58. The zero-order valence-electron chi connectivity index (χ0n) is 11.1. The highest BCUT2D eigenvalue weighted by Gasteiger charge is 2.19. The van der Waals surface area contributed by atoms with Crippen LogP contribution >= 0.6 is 0 Å². The van der Waals surface area contributed by atoms with Crippen LogP contribution in [0.3, 0.4) is 0 Å². The van der Waals surface area contributed by atoms with E-state index in [4.69, 9.17) is 9.84 Å². The Bertz CT molecular complexity index is 419. The van der Waals surface area contributed by atoms with Gasteiger partial charge in [-0.05, 0) is 25.5 Å². The molecule has 2 atom stereocenters. The number of hydrogen-bond acceptors (Lipinski definition) is 3. The molecule has 0 saturated heterocycles. The molecule has 104 valence electrons. The van der Waals surface area contributed by atoms with Crippen LogP contribution in [0, 0.1) is 0 Å². The molecule has 1 aromatic carbocycles. The molecular weight excluding hydrogens is 246 g/mol. The topological polar surface area (TPSA) is 75.6 Å². The second kappa shape index (κ2) is 7.41. The largest absolute Gasteiger partial charge is 0.481 e. The molecule has 0 heterocycles. The summed E-state index contributed by atoms with van der Waals surface area (Å²) in [6, 6.07) is 8.65. The van der Waals surface area contributed by atoms with Crippen molar-refractivity contribution in [1.82, 2.24) is 5.32 Å². The van der Waals surface area contributed by atoms with E-state index >= 15 is 0 Å². The molecule has 0 spiro atoms. The van der Waals surface area contributed by atoms with Gasteiger partial charge in [0.1, 0.15) is 5.75 Å². The SMILES string of the molecule is CCC(CC(=O)O)NC(=O)C(C)Oc1ccccc1. The number of carbonyl (C=O) groups excluding carboxylic acids is 1. The number of carboxylic acids is 1. The summed E-state index contributed by atoms with van der Waals surface area (Å²) in [6.07, 6.45) is -0.179. The van der Waals surface area contributed by atoms with Crippen LogP contribution in [0.5, 0.6) is 5.75 Å². The molecule has 1 aromatic rings. The average molecular weight is 265 g/mol. The first kappa shape index (κ1) is 15.0. The van der Waals surface area contributed by atoms with Gasteiger partial charge in [0.15, 0.2) is 6.10 Å². The minimum atomic E-state index is -0.927. The molecule has 5 heteroatoms. The van der Waals surface area contributed by atoms with Gasteiger partial charge >= 0.3 is 5.97 Å². The van der Waals surface area contributed by atoms with E-state index in [1.54, 1.807) is 19.1 Å². The number of amides is 1. The van der Waals surface area contributed by atoms with Gasteiger partial charge in [-0.15, -0.1) is 0 Å². The van der Waals surface area contributed by atoms with E-state index in [0.29, 0.717) is 12.2 Å². The maximum absolute atomic E-state index is 11.9. The van der Waals surface area contributed by atoms with E-state index in [1.165, 1.54) is 0 Å². The van der Waals surface area contributed by atoms with Crippen LogP contribution in [-0.2, 0) is 9.59 Å². The van der Waals surface area contributed by atoms with Gasteiger partial charge in [-0.1, -0.05) is 25.1 Å². The number of carbonyl (C=O) groups is 2. The lowest BCUT2D eigenvalue weighted by molar-refractivity contribution is -0.138. The van der Waals surface area contributed by atoms with Crippen molar-refractivity contribution in [3.8, 4) is 5.75 Å². The summed E-state index contributed by atoms with van der Waals surface area (Å²) in [6.45, 7) is 3.46. The molecule has 5 nitrogen and oxygen atoms in total. The van der Waals surface area contributed by atoms with Crippen molar-refractivity contribution in [3.05, 3.63) is 30.3 Å². The summed E-state index contributed by atoms with van der Waals surface area (Å²) in [4.78, 5) is 22.5. The van der Waals surface area contributed by atoms with Crippen molar-refractivity contribution < 1.29 is 19.4 Å². The molecule has 0 fully saturated rings. The van der Waals surface area contributed by atoms with Gasteiger partial charge < -0.3 is 15.2 Å². The number of hydrogen-bond donors (Lipinski definition) is 2. The third-order valence-corrected chi connectivity index (χ3v) is 2.69. The molecule has 0 aliphatic carbocycles. The minimum absolute atomic E-state index is 0.0830. The molecule has 0 saturated carbocycles. The molecular formula is C14H19NO4. The lowest BCUT2D eigenvalue weighted by Gasteiger charge is -2.19. The van der Waals surface area contributed by atoms with Crippen LogP contribution in [0.4, 0.5) is 0 Å². The Morgan fingerprint density at radius 3 is 2.47 bits per heavy atom. The Labute approximate surface area is 112 Å². The zero-order chi connectivity index (χ0) is 14.3. The predicted octanol–water partition coefficient (Wildman–Crippen LogP) is 1.82. The minimum Gasteiger partial charge on any atom is -0.481 e. The van der Waals surface area contributed by atoms with Gasteiger partial charge in [0, 0.05) is 6.04 Å². The highest BCUT2D eigenvalue weighted by molar-refractivity contribution is 5.81. The van der Waals surface area contributed by atoms with Crippen LogP contribution in [0.1, 0.15) is 26.7 Å². The highest BCUT2D eigenvalue weighted by atomic mass is 16.5. The molecule has 1 rings (SSSR count). The number of ether oxygens (including phenoxy) is 1. The smallest absolute Gasteiger partial charge is 0.305 e. The molecule has 0 aliphatic rings. The lowest BCUT2D eigenvalue weighted by atomic mass is 10.1. The first-order valence-corrected chi connectivity index (χ1v) is 6.26. The summed E-state index contributed by atoms with van der Waals surface area (Å²) >= 11 is 0. The number of nitrogens with one attached hydrogen (secondary N) is 1. The van der Waals surface area contributed by atoms with Crippen molar-refractivity contribution in [1.29, 1.82) is 0 Å². The van der Waals surface area contributed by atoms with Gasteiger partial charge in [-0.2, -0.15) is 0 Å². The van der Waals surface area contributed by atoms with Crippen LogP contribution in [0.2, 0.25) is 0 Å². The first-order chi connectivity index (χ1) is 9.02. The molecule has 2 N–H and O–H groups in total. The summed E-state index contributed by atoms with van der Waals surface area (Å²) < 4.78 is 5.47. The number of para-hydroxylation sites is 1. The number of rotatable bonds is 7. The number of aliphatic carboxylic acids is 1. The van der Waals surface area contributed by atoms with Crippen molar-refractivity contribution >= 4 is 11.9 Å². The third-order valence-electron chi connectivity index (χ3n) is 2.69. The van der Waals surface area contributed by atoms with E-state index in [-0.39, 0.29) is 18.4 Å². The lowest BCUT2D eigenvalue weighted by Crippen LogP contribution is -2.43. The molecule has 2 unspecified atom stereocenters. The Hall–Kier alpha value is -2.04. The van der Waals surface area contributed by atoms with Gasteiger partial charge in [-0.25, -0.2) is 0 Å². The van der Waals surface area contributed by atoms with Crippen LogP contribution < -0.4 is 10.1 Å². The van der Waals surface area contributed by atoms with Gasteiger partial charge in [0.2, 0.25) is 0 Å². The molecule has 19 heavy (non-hydrogen) atoms. The Morgan fingerprint density at radius 1 is 1.32 bits per heavy atom. The maximum Gasteiger partial charge on any atom is 0.305 e. The zero-order valence-corrected chi connectivity index (χ0v) is 11.1. The Balaban J connectivity index is 2.50. The fraction of sp³-hybridized carbons (Fsp3) is 0.429. The highest BCUT2D eigenvalue weighted by Crippen LogP contribution is 2.11. The van der Waals surface area contributed by atoms with Gasteiger partial charge in [0.05, 0.1) is 6.42 Å². The van der Waals surface area contributed by atoms with Crippen LogP contribution in [-0.4, -0.2) is 29.1 Å². The molecule has 0 aromatic heterocycles. The average Bonchev–Trinajstić information content (AvgIpc) is 2.38. The van der Waals surface area contributed by atoms with E-state index in [0.717, 1.165) is 0 Å². The van der Waals surface area contributed by atoms with Crippen molar-refractivity contribution in [2.75, 3.05) is 0 Å². The van der Waals surface area contributed by atoms with Crippen LogP contribution in [0.25, 0.3) is 0 Å². The van der Waals surface area contributed by atoms with Gasteiger partial charge in [0.25, 0.3) is 5.91 Å². The quantitative estimate of drug-likeness (QED) is 0.788. The normalized spacial score (nSPS) is 13.4. The predicted molar refractivity (Wildman–Crippen MR) is 71.0 cm³/mol. The Morgan fingerprint density at radius 2 is 1.95 bits per heavy atom. The number of carboxylic acid groups (broad SMARTS) is 1. The van der Waals surface area contributed by atoms with E-state index in [9.17, 15) is 9.59 Å². The molecule has 0 radical (unpaired) electrons. The van der Waals surface area contributed by atoms with Crippen molar-refractivity contribution in [3.63, 3.8) is 0 Å². The van der Waals surface area contributed by atoms with Crippen molar-refractivity contribution in [2.45, 2.75) is 38.8 Å². The summed E-state index contributed by atoms with van der Waals surface area (Å²) in [5.74, 6) is -0.628. The molecule has 0 bridgehead atoms. The standard InChI is InChI=1S/C14H19NO4/c1-3-11(9-13(16)17)15-14(18)10(2)19-12-7-5-4-6-8-12/h4-8,10-11H,3,9H2,1-2H3,(H,15,18)(H,16,17). The maximum atomic E-state index is 11.9. The molecule has 1 amide bonds. The molecule has 0 aliphatic heterocycles. The van der Waals surface area contributed by atoms with E-state index in [2.05, 4.69) is 5.32 Å². The van der Waals surface area contributed by atoms with Crippen LogP contribution in [0.15, 0.2) is 30.3 Å².